The number of sulfonamides is 1. The van der Waals surface area contributed by atoms with Crippen LogP contribution in [-0.4, -0.2) is 42.7 Å². The molecule has 9 nitrogen and oxygen atoms in total. The first-order valence-electron chi connectivity index (χ1n) is 10.4. The van der Waals surface area contributed by atoms with Gasteiger partial charge in [-0.15, -0.1) is 10.2 Å². The summed E-state index contributed by atoms with van der Waals surface area (Å²) in [7, 11) is -2.32. The molecule has 1 aliphatic rings. The van der Waals surface area contributed by atoms with Gasteiger partial charge in [-0.1, -0.05) is 18.6 Å². The molecule has 32 heavy (non-hydrogen) atoms. The minimum absolute atomic E-state index is 0.0561. The van der Waals surface area contributed by atoms with Crippen LogP contribution in [0.1, 0.15) is 25.1 Å². The number of ether oxygens (including phenoxy) is 1. The Hall–Kier alpha value is -3.24. The van der Waals surface area contributed by atoms with Crippen molar-refractivity contribution in [3.8, 4) is 17.1 Å². The van der Waals surface area contributed by atoms with Crippen molar-refractivity contribution in [1.82, 2.24) is 19.5 Å². The Kier molecular flexibility index (Phi) is 6.52. The van der Waals surface area contributed by atoms with Gasteiger partial charge in [0.25, 0.3) is 0 Å². The molecule has 2 aromatic carbocycles. The Balaban J connectivity index is 1.41. The Morgan fingerprint density at radius 1 is 1.09 bits per heavy atom. The van der Waals surface area contributed by atoms with E-state index >= 15 is 0 Å². The predicted molar refractivity (Wildman–Crippen MR) is 120 cm³/mol. The summed E-state index contributed by atoms with van der Waals surface area (Å²) < 4.78 is 34.3. The Bertz CT molecular complexity index is 1210. The summed E-state index contributed by atoms with van der Waals surface area (Å²) in [4.78, 5) is 12.4. The van der Waals surface area contributed by atoms with Crippen molar-refractivity contribution in [2.45, 2.75) is 37.1 Å². The van der Waals surface area contributed by atoms with Crippen LogP contribution in [0.25, 0.3) is 11.4 Å². The van der Waals surface area contributed by atoms with Crippen LogP contribution in [0.4, 0.5) is 5.69 Å². The van der Waals surface area contributed by atoms with Crippen LogP contribution < -0.4 is 14.8 Å². The first kappa shape index (κ1) is 22.0. The molecule has 4 rings (SSSR count). The molecule has 168 valence electrons. The SMILES string of the molecule is COc1ccc(S(=O)(=O)NCC(=O)Nc2cccc(-c3nnc4n3CCCCC4)c2)cc1. The van der Waals surface area contributed by atoms with E-state index in [4.69, 9.17) is 4.74 Å². The van der Waals surface area contributed by atoms with Gasteiger partial charge in [-0.3, -0.25) is 4.79 Å². The maximum atomic E-state index is 12.4. The van der Waals surface area contributed by atoms with Gasteiger partial charge in [0, 0.05) is 24.2 Å². The quantitative estimate of drug-likeness (QED) is 0.566. The summed E-state index contributed by atoms with van der Waals surface area (Å²) in [5, 5.41) is 11.4. The van der Waals surface area contributed by atoms with Gasteiger partial charge in [-0.2, -0.15) is 0 Å². The largest absolute Gasteiger partial charge is 0.497 e. The fourth-order valence-corrected chi connectivity index (χ4v) is 4.62. The van der Waals surface area contributed by atoms with Crippen LogP contribution >= 0.6 is 0 Å². The third kappa shape index (κ3) is 4.97. The number of amides is 1. The van der Waals surface area contributed by atoms with Crippen molar-refractivity contribution in [2.24, 2.45) is 0 Å². The van der Waals surface area contributed by atoms with E-state index in [0.29, 0.717) is 11.4 Å². The van der Waals surface area contributed by atoms with Gasteiger partial charge in [-0.25, -0.2) is 13.1 Å². The molecule has 1 aliphatic heterocycles. The van der Waals surface area contributed by atoms with Gasteiger partial charge in [0.1, 0.15) is 11.6 Å². The van der Waals surface area contributed by atoms with Crippen LogP contribution in [0.3, 0.4) is 0 Å². The van der Waals surface area contributed by atoms with Gasteiger partial charge in [-0.05, 0) is 49.2 Å². The van der Waals surface area contributed by atoms with E-state index in [9.17, 15) is 13.2 Å². The van der Waals surface area contributed by atoms with Gasteiger partial charge < -0.3 is 14.6 Å². The van der Waals surface area contributed by atoms with Crippen molar-refractivity contribution < 1.29 is 17.9 Å². The molecule has 1 aromatic heterocycles. The zero-order valence-corrected chi connectivity index (χ0v) is 18.6. The Morgan fingerprint density at radius 3 is 2.69 bits per heavy atom. The molecule has 0 fully saturated rings. The number of fused-ring (bicyclic) bond motifs is 1. The third-order valence-electron chi connectivity index (χ3n) is 5.31. The van der Waals surface area contributed by atoms with E-state index in [1.165, 1.54) is 25.7 Å². The van der Waals surface area contributed by atoms with Crippen molar-refractivity contribution in [1.29, 1.82) is 0 Å². The topological polar surface area (TPSA) is 115 Å². The van der Waals surface area contributed by atoms with Gasteiger partial charge in [0.2, 0.25) is 15.9 Å². The number of carbonyl (C=O) groups is 1. The van der Waals surface area contributed by atoms with E-state index in [-0.39, 0.29) is 11.4 Å². The number of aryl methyl sites for hydroxylation is 1. The molecule has 3 aromatic rings. The highest BCUT2D eigenvalue weighted by atomic mass is 32.2. The molecule has 0 atom stereocenters. The number of nitrogens with one attached hydrogen (secondary N) is 2. The lowest BCUT2D eigenvalue weighted by molar-refractivity contribution is -0.115. The maximum Gasteiger partial charge on any atom is 0.241 e. The number of hydrogen-bond acceptors (Lipinski definition) is 6. The molecule has 0 saturated carbocycles. The number of methoxy groups -OCH3 is 1. The average Bonchev–Trinajstić information content (AvgIpc) is 3.06. The maximum absolute atomic E-state index is 12.4. The minimum atomic E-state index is -3.82. The number of anilines is 1. The van der Waals surface area contributed by atoms with Crippen molar-refractivity contribution in [2.75, 3.05) is 19.0 Å². The summed E-state index contributed by atoms with van der Waals surface area (Å²) in [5.74, 6) is 1.84. The molecular formula is C22H25N5O4S. The fourth-order valence-electron chi connectivity index (χ4n) is 3.64. The lowest BCUT2D eigenvalue weighted by atomic mass is 10.2. The average molecular weight is 456 g/mol. The number of benzene rings is 2. The molecule has 0 radical (unpaired) electrons. The minimum Gasteiger partial charge on any atom is -0.497 e. The van der Waals surface area contributed by atoms with Crippen molar-refractivity contribution in [3.63, 3.8) is 0 Å². The molecule has 1 amide bonds. The molecule has 0 saturated heterocycles. The van der Waals surface area contributed by atoms with E-state index in [1.54, 1.807) is 18.2 Å². The second kappa shape index (κ2) is 9.49. The third-order valence-corrected chi connectivity index (χ3v) is 6.72. The lowest BCUT2D eigenvalue weighted by Crippen LogP contribution is -2.32. The predicted octanol–water partition coefficient (Wildman–Crippen LogP) is 2.60. The van der Waals surface area contributed by atoms with Crippen LogP contribution in [0.5, 0.6) is 5.75 Å². The lowest BCUT2D eigenvalue weighted by Gasteiger charge is -2.10. The summed E-state index contributed by atoms with van der Waals surface area (Å²) in [6.45, 7) is 0.486. The number of nitrogens with zero attached hydrogens (tertiary/aromatic N) is 3. The molecule has 0 bridgehead atoms. The Morgan fingerprint density at radius 2 is 1.91 bits per heavy atom. The van der Waals surface area contributed by atoms with E-state index < -0.39 is 15.9 Å². The normalized spacial score (nSPS) is 13.8. The van der Waals surface area contributed by atoms with Gasteiger partial charge in [0.15, 0.2) is 5.82 Å². The van der Waals surface area contributed by atoms with Gasteiger partial charge >= 0.3 is 0 Å². The summed E-state index contributed by atoms with van der Waals surface area (Å²) in [6.07, 6.45) is 4.28. The van der Waals surface area contributed by atoms with Crippen LogP contribution in [0, 0.1) is 0 Å². The Labute approximate surface area is 186 Å². The second-order valence-corrected chi connectivity index (χ2v) is 9.30. The highest BCUT2D eigenvalue weighted by Crippen LogP contribution is 2.25. The molecule has 2 N–H and O–H groups in total. The van der Waals surface area contributed by atoms with Crippen molar-refractivity contribution >= 4 is 21.6 Å². The number of hydrogen-bond donors (Lipinski definition) is 2. The number of carbonyl (C=O) groups excluding carboxylic acids is 1. The summed E-state index contributed by atoms with van der Waals surface area (Å²) in [5.41, 5.74) is 1.41. The smallest absolute Gasteiger partial charge is 0.241 e. The summed E-state index contributed by atoms with van der Waals surface area (Å²) >= 11 is 0. The van der Waals surface area contributed by atoms with E-state index in [1.807, 2.05) is 18.2 Å². The van der Waals surface area contributed by atoms with Gasteiger partial charge in [0.05, 0.1) is 18.6 Å². The molecular weight excluding hydrogens is 430 g/mol. The second-order valence-electron chi connectivity index (χ2n) is 7.53. The van der Waals surface area contributed by atoms with Crippen LogP contribution in [0.2, 0.25) is 0 Å². The van der Waals surface area contributed by atoms with Crippen LogP contribution in [-0.2, 0) is 27.8 Å². The fraction of sp³-hybridized carbons (Fsp3) is 0.318. The monoisotopic (exact) mass is 455 g/mol. The highest BCUT2D eigenvalue weighted by molar-refractivity contribution is 7.89. The van der Waals surface area contributed by atoms with E-state index in [2.05, 4.69) is 24.8 Å². The molecule has 0 aliphatic carbocycles. The zero-order valence-electron chi connectivity index (χ0n) is 17.7. The highest BCUT2D eigenvalue weighted by Gasteiger charge is 2.18. The molecule has 0 spiro atoms. The first-order valence-corrected chi connectivity index (χ1v) is 11.9. The van der Waals surface area contributed by atoms with Crippen molar-refractivity contribution in [3.05, 3.63) is 54.4 Å². The number of rotatable bonds is 7. The molecule has 10 heteroatoms. The molecule has 0 unspecified atom stereocenters. The van der Waals surface area contributed by atoms with Crippen LogP contribution in [0.15, 0.2) is 53.4 Å². The van der Waals surface area contributed by atoms with E-state index in [0.717, 1.165) is 43.0 Å². The first-order chi connectivity index (χ1) is 15.5. The number of aromatic nitrogens is 3. The summed E-state index contributed by atoms with van der Waals surface area (Å²) in [6, 6.07) is 13.2. The zero-order chi connectivity index (χ0) is 22.6. The standard InChI is InChI=1S/C22H25N5O4S/c1-31-18-9-11-19(12-10-18)32(29,30)23-15-21(28)24-17-7-5-6-16(14-17)22-26-25-20-8-3-2-4-13-27(20)22/h5-7,9-12,14,23H,2-4,8,13,15H2,1H3,(H,24,28). The molecule has 2 heterocycles.